The number of pyridine rings is 1. The average molecular weight is 473 g/mol. The molecule has 0 amide bonds. The van der Waals surface area contributed by atoms with Crippen molar-refractivity contribution in [3.8, 4) is 5.69 Å². The Morgan fingerprint density at radius 1 is 0.939 bits per heavy atom. The summed E-state index contributed by atoms with van der Waals surface area (Å²) in [5.41, 5.74) is 7.81. The molecule has 166 valence electrons. The minimum atomic E-state index is -0.0756. The normalized spacial score (nSPS) is 17.9. The second kappa shape index (κ2) is 8.65. The van der Waals surface area contributed by atoms with Gasteiger partial charge in [-0.25, -0.2) is 0 Å². The van der Waals surface area contributed by atoms with Crippen molar-refractivity contribution in [3.63, 3.8) is 0 Å². The van der Waals surface area contributed by atoms with Crippen LogP contribution < -0.4 is 10.2 Å². The van der Waals surface area contributed by atoms with Gasteiger partial charge in [0.15, 0.2) is 5.11 Å². The molecule has 0 spiro atoms. The van der Waals surface area contributed by atoms with E-state index in [0.29, 0.717) is 5.11 Å². The molecular weight excluding hydrogens is 448 g/mol. The molecule has 0 radical (unpaired) electrons. The molecule has 2 aromatic carbocycles. The number of hydrogen-bond acceptors (Lipinski definition) is 2. The predicted molar refractivity (Wildman–Crippen MR) is 139 cm³/mol. The molecule has 4 aromatic rings. The SMILES string of the molecule is Cc1ccc(Cl)cc1-n1c(C)cc([C@H]2[C@@H](c3ccccn3)NC(=S)N2c2ccccc2)c1C. The molecule has 2 atom stereocenters. The maximum absolute atomic E-state index is 6.37. The van der Waals surface area contributed by atoms with Gasteiger partial charge in [0.25, 0.3) is 0 Å². The molecule has 1 fully saturated rings. The van der Waals surface area contributed by atoms with E-state index in [1.807, 2.05) is 48.7 Å². The number of benzene rings is 2. The van der Waals surface area contributed by atoms with Crippen LogP contribution in [0.5, 0.6) is 0 Å². The standard InChI is InChI=1S/C27H25ClN4S/c1-17-12-13-20(28)16-24(17)31-18(2)15-22(19(31)3)26-25(23-11-7-8-14-29-23)30-27(33)32(26)21-9-5-4-6-10-21/h4-16,25-26H,1-3H3,(H,30,33)/t25-,26+/m1/s1. The fourth-order valence-corrected chi connectivity index (χ4v) is 5.33. The Morgan fingerprint density at radius 3 is 2.42 bits per heavy atom. The van der Waals surface area contributed by atoms with E-state index in [4.69, 9.17) is 23.8 Å². The van der Waals surface area contributed by atoms with Crippen LogP contribution in [0, 0.1) is 20.8 Å². The highest BCUT2D eigenvalue weighted by atomic mass is 35.5. The minimum Gasteiger partial charge on any atom is -0.351 e. The molecule has 2 aromatic heterocycles. The molecule has 0 saturated carbocycles. The first kappa shape index (κ1) is 21.7. The number of nitrogens with zero attached hydrogens (tertiary/aromatic N) is 3. The zero-order valence-electron chi connectivity index (χ0n) is 18.8. The Hall–Kier alpha value is -3.15. The summed E-state index contributed by atoms with van der Waals surface area (Å²) in [6.07, 6.45) is 1.83. The molecule has 1 aliphatic heterocycles. The van der Waals surface area contributed by atoms with Crippen molar-refractivity contribution < 1.29 is 0 Å². The van der Waals surface area contributed by atoms with Crippen LogP contribution in [0.2, 0.25) is 5.02 Å². The van der Waals surface area contributed by atoms with Gasteiger partial charge < -0.3 is 14.8 Å². The third-order valence-corrected chi connectivity index (χ3v) is 6.88. The zero-order chi connectivity index (χ0) is 23.1. The Kier molecular flexibility index (Phi) is 5.69. The number of thiocarbonyl (C=S) groups is 1. The van der Waals surface area contributed by atoms with Gasteiger partial charge in [-0.2, -0.15) is 0 Å². The van der Waals surface area contributed by atoms with Crippen molar-refractivity contribution in [1.82, 2.24) is 14.9 Å². The van der Waals surface area contributed by atoms with Crippen molar-refractivity contribution >= 4 is 34.6 Å². The first-order chi connectivity index (χ1) is 16.0. The third-order valence-electron chi connectivity index (χ3n) is 6.33. The van der Waals surface area contributed by atoms with Crippen LogP contribution in [-0.4, -0.2) is 14.7 Å². The maximum Gasteiger partial charge on any atom is 0.174 e. The Labute approximate surface area is 204 Å². The number of anilines is 1. The number of para-hydroxylation sites is 1. The summed E-state index contributed by atoms with van der Waals surface area (Å²) in [6, 6.07) is 24.5. The van der Waals surface area contributed by atoms with E-state index in [-0.39, 0.29) is 12.1 Å². The van der Waals surface area contributed by atoms with Crippen LogP contribution in [0.1, 0.15) is 40.3 Å². The molecule has 33 heavy (non-hydrogen) atoms. The van der Waals surface area contributed by atoms with E-state index >= 15 is 0 Å². The van der Waals surface area contributed by atoms with Gasteiger partial charge in [-0.05, 0) is 86.6 Å². The first-order valence-corrected chi connectivity index (χ1v) is 11.8. The van der Waals surface area contributed by atoms with E-state index < -0.39 is 0 Å². The Bertz CT molecular complexity index is 1320. The quantitative estimate of drug-likeness (QED) is 0.338. The van der Waals surface area contributed by atoms with E-state index in [1.165, 1.54) is 11.1 Å². The van der Waals surface area contributed by atoms with Gasteiger partial charge in [0.05, 0.1) is 17.8 Å². The van der Waals surface area contributed by atoms with Crippen molar-refractivity contribution in [3.05, 3.63) is 112 Å². The van der Waals surface area contributed by atoms with Gasteiger partial charge in [-0.1, -0.05) is 41.9 Å². The van der Waals surface area contributed by atoms with Gasteiger partial charge in [0, 0.05) is 34.0 Å². The predicted octanol–water partition coefficient (Wildman–Crippen LogP) is 6.63. The highest BCUT2D eigenvalue weighted by Crippen LogP contribution is 2.43. The molecule has 3 heterocycles. The van der Waals surface area contributed by atoms with Gasteiger partial charge in [-0.3, -0.25) is 4.98 Å². The smallest absolute Gasteiger partial charge is 0.174 e. The molecule has 0 aliphatic carbocycles. The molecule has 5 rings (SSSR count). The lowest BCUT2D eigenvalue weighted by molar-refractivity contribution is 0.565. The fourth-order valence-electron chi connectivity index (χ4n) is 4.82. The lowest BCUT2D eigenvalue weighted by Gasteiger charge is -2.28. The molecule has 1 aliphatic rings. The number of aromatic nitrogens is 2. The first-order valence-electron chi connectivity index (χ1n) is 11.0. The van der Waals surface area contributed by atoms with Crippen LogP contribution in [0.4, 0.5) is 5.69 Å². The molecular formula is C27H25ClN4S. The maximum atomic E-state index is 6.37. The van der Waals surface area contributed by atoms with E-state index in [0.717, 1.165) is 33.5 Å². The third kappa shape index (κ3) is 3.81. The molecule has 4 nitrogen and oxygen atoms in total. The summed E-state index contributed by atoms with van der Waals surface area (Å²) in [5.74, 6) is 0. The fraction of sp³-hybridized carbons (Fsp3) is 0.185. The zero-order valence-corrected chi connectivity index (χ0v) is 20.4. The van der Waals surface area contributed by atoms with E-state index in [2.05, 4.69) is 70.9 Å². The van der Waals surface area contributed by atoms with Gasteiger partial charge in [0.1, 0.15) is 0 Å². The largest absolute Gasteiger partial charge is 0.351 e. The molecule has 6 heteroatoms. The molecule has 0 unspecified atom stereocenters. The summed E-state index contributed by atoms with van der Waals surface area (Å²) >= 11 is 12.2. The summed E-state index contributed by atoms with van der Waals surface area (Å²) in [5, 5.41) is 4.98. The van der Waals surface area contributed by atoms with Gasteiger partial charge in [0.2, 0.25) is 0 Å². The second-order valence-corrected chi connectivity index (χ2v) is 9.25. The Morgan fingerprint density at radius 2 is 1.70 bits per heavy atom. The minimum absolute atomic E-state index is 0.0470. The summed E-state index contributed by atoms with van der Waals surface area (Å²) < 4.78 is 2.29. The van der Waals surface area contributed by atoms with Crippen LogP contribution in [0.3, 0.4) is 0 Å². The topological polar surface area (TPSA) is 33.1 Å². The number of hydrogen-bond donors (Lipinski definition) is 1. The molecule has 1 N–H and O–H groups in total. The summed E-state index contributed by atoms with van der Waals surface area (Å²) in [6.45, 7) is 6.42. The monoisotopic (exact) mass is 472 g/mol. The summed E-state index contributed by atoms with van der Waals surface area (Å²) in [4.78, 5) is 6.88. The second-order valence-electron chi connectivity index (χ2n) is 8.42. The Balaban J connectivity index is 1.70. The molecule has 0 bridgehead atoms. The average Bonchev–Trinajstić information content (AvgIpc) is 3.32. The number of rotatable bonds is 4. The van der Waals surface area contributed by atoms with Crippen molar-refractivity contribution in [1.29, 1.82) is 0 Å². The highest BCUT2D eigenvalue weighted by molar-refractivity contribution is 7.80. The van der Waals surface area contributed by atoms with Crippen molar-refractivity contribution in [2.75, 3.05) is 4.90 Å². The van der Waals surface area contributed by atoms with Gasteiger partial charge in [-0.15, -0.1) is 0 Å². The lowest BCUT2D eigenvalue weighted by Crippen LogP contribution is -2.29. The van der Waals surface area contributed by atoms with Crippen LogP contribution in [0.25, 0.3) is 5.69 Å². The summed E-state index contributed by atoms with van der Waals surface area (Å²) in [7, 11) is 0. The van der Waals surface area contributed by atoms with E-state index in [9.17, 15) is 0 Å². The molecule has 1 saturated heterocycles. The number of halogens is 1. The van der Waals surface area contributed by atoms with Crippen LogP contribution >= 0.6 is 23.8 Å². The van der Waals surface area contributed by atoms with E-state index in [1.54, 1.807) is 0 Å². The number of aryl methyl sites for hydroxylation is 2. The van der Waals surface area contributed by atoms with Crippen molar-refractivity contribution in [2.24, 2.45) is 0 Å². The lowest BCUT2D eigenvalue weighted by atomic mass is 9.96. The number of nitrogens with one attached hydrogen (secondary N) is 1. The van der Waals surface area contributed by atoms with Crippen LogP contribution in [0.15, 0.2) is 79.0 Å². The van der Waals surface area contributed by atoms with Crippen LogP contribution in [-0.2, 0) is 0 Å². The van der Waals surface area contributed by atoms with Crippen molar-refractivity contribution in [2.45, 2.75) is 32.9 Å². The highest BCUT2D eigenvalue weighted by Gasteiger charge is 2.42. The van der Waals surface area contributed by atoms with Gasteiger partial charge >= 0.3 is 0 Å².